The second kappa shape index (κ2) is 4.72. The summed E-state index contributed by atoms with van der Waals surface area (Å²) in [5, 5.41) is 8.04. The fourth-order valence-corrected chi connectivity index (χ4v) is 2.67. The zero-order valence-corrected chi connectivity index (χ0v) is 9.96. The first-order chi connectivity index (χ1) is 8.33. The normalized spacial score (nSPS) is 28.8. The zero-order valence-electron chi connectivity index (χ0n) is 9.96. The van der Waals surface area contributed by atoms with Gasteiger partial charge in [0.05, 0.1) is 24.4 Å². The largest absolute Gasteiger partial charge is 0.372 e. The topological polar surface area (TPSA) is 69.2 Å². The van der Waals surface area contributed by atoms with E-state index in [4.69, 9.17) is 10.5 Å². The van der Waals surface area contributed by atoms with Crippen molar-refractivity contribution in [3.05, 3.63) is 11.9 Å². The summed E-state index contributed by atoms with van der Waals surface area (Å²) in [4.78, 5) is 2.47. The zero-order chi connectivity index (χ0) is 11.7. The summed E-state index contributed by atoms with van der Waals surface area (Å²) in [6.45, 7) is 4.49. The molecule has 2 bridgehead atoms. The molecular formula is C11H19N5O. The predicted octanol–water partition coefficient (Wildman–Crippen LogP) is -0.400. The summed E-state index contributed by atoms with van der Waals surface area (Å²) in [5.41, 5.74) is 6.36. The number of aromatic nitrogens is 3. The maximum absolute atomic E-state index is 5.81. The van der Waals surface area contributed by atoms with Crippen molar-refractivity contribution in [3.63, 3.8) is 0 Å². The Hall–Kier alpha value is -0.980. The van der Waals surface area contributed by atoms with E-state index in [-0.39, 0.29) is 0 Å². The first-order valence-electron chi connectivity index (χ1n) is 6.30. The number of hydrogen-bond acceptors (Lipinski definition) is 5. The Bertz CT molecular complexity index is 368. The first kappa shape index (κ1) is 11.1. The lowest BCUT2D eigenvalue weighted by atomic mass is 10.2. The van der Waals surface area contributed by atoms with E-state index in [1.54, 1.807) is 0 Å². The Labute approximate surface area is 101 Å². The minimum Gasteiger partial charge on any atom is -0.372 e. The molecule has 0 radical (unpaired) electrons. The first-order valence-corrected chi connectivity index (χ1v) is 6.30. The number of fused-ring (bicyclic) bond motifs is 2. The van der Waals surface area contributed by atoms with E-state index in [0.29, 0.717) is 18.8 Å². The number of ether oxygens (including phenoxy) is 1. The van der Waals surface area contributed by atoms with Gasteiger partial charge in [-0.1, -0.05) is 5.21 Å². The number of nitrogens with two attached hydrogens (primary N) is 1. The molecule has 0 spiro atoms. The molecule has 2 fully saturated rings. The molecule has 2 aliphatic rings. The lowest BCUT2D eigenvalue weighted by Crippen LogP contribution is -2.43. The molecule has 2 aliphatic heterocycles. The van der Waals surface area contributed by atoms with Crippen LogP contribution in [0.1, 0.15) is 18.5 Å². The highest BCUT2D eigenvalue weighted by Gasteiger charge is 2.33. The van der Waals surface area contributed by atoms with Crippen LogP contribution in [0.4, 0.5) is 0 Å². The van der Waals surface area contributed by atoms with Crippen LogP contribution in [0, 0.1) is 0 Å². The van der Waals surface area contributed by atoms with Crippen LogP contribution in [-0.2, 0) is 17.8 Å². The Balaban J connectivity index is 1.51. The Morgan fingerprint density at radius 3 is 2.71 bits per heavy atom. The van der Waals surface area contributed by atoms with Crippen LogP contribution in [-0.4, -0.2) is 51.7 Å². The van der Waals surface area contributed by atoms with E-state index < -0.39 is 0 Å². The van der Waals surface area contributed by atoms with Gasteiger partial charge in [0, 0.05) is 32.4 Å². The van der Waals surface area contributed by atoms with E-state index in [1.165, 1.54) is 12.8 Å². The monoisotopic (exact) mass is 237 g/mol. The van der Waals surface area contributed by atoms with Gasteiger partial charge < -0.3 is 10.5 Å². The van der Waals surface area contributed by atoms with E-state index >= 15 is 0 Å². The molecule has 3 heterocycles. The van der Waals surface area contributed by atoms with Gasteiger partial charge in [-0.15, -0.1) is 5.10 Å². The summed E-state index contributed by atoms with van der Waals surface area (Å²) >= 11 is 0. The lowest BCUT2D eigenvalue weighted by molar-refractivity contribution is -0.0392. The van der Waals surface area contributed by atoms with Crippen molar-refractivity contribution >= 4 is 0 Å². The summed E-state index contributed by atoms with van der Waals surface area (Å²) in [7, 11) is 0. The number of hydrogen-bond donors (Lipinski definition) is 1. The highest BCUT2D eigenvalue weighted by Crippen LogP contribution is 2.25. The maximum Gasteiger partial charge on any atom is 0.0962 e. The van der Waals surface area contributed by atoms with Crippen molar-refractivity contribution in [2.24, 2.45) is 5.73 Å². The summed E-state index contributed by atoms with van der Waals surface area (Å²) < 4.78 is 7.68. The van der Waals surface area contributed by atoms with Crippen molar-refractivity contribution in [2.75, 3.05) is 19.6 Å². The molecular weight excluding hydrogens is 218 g/mol. The van der Waals surface area contributed by atoms with Gasteiger partial charge in [-0.05, 0) is 12.8 Å². The van der Waals surface area contributed by atoms with Gasteiger partial charge in [-0.2, -0.15) is 0 Å². The van der Waals surface area contributed by atoms with Crippen LogP contribution in [0.2, 0.25) is 0 Å². The SMILES string of the molecule is NCc1cn(CCN2CC3CCC(C2)O3)nn1. The van der Waals surface area contributed by atoms with E-state index in [1.807, 2.05) is 10.9 Å². The van der Waals surface area contributed by atoms with Crippen molar-refractivity contribution < 1.29 is 4.74 Å². The number of rotatable bonds is 4. The van der Waals surface area contributed by atoms with Gasteiger partial charge >= 0.3 is 0 Å². The van der Waals surface area contributed by atoms with Crippen molar-refractivity contribution in [1.82, 2.24) is 19.9 Å². The summed E-state index contributed by atoms with van der Waals surface area (Å²) in [5.74, 6) is 0. The van der Waals surface area contributed by atoms with Crippen LogP contribution < -0.4 is 5.73 Å². The van der Waals surface area contributed by atoms with E-state index in [2.05, 4.69) is 15.2 Å². The predicted molar refractivity (Wildman–Crippen MR) is 62.2 cm³/mol. The van der Waals surface area contributed by atoms with Crippen LogP contribution in [0.3, 0.4) is 0 Å². The molecule has 94 valence electrons. The highest BCUT2D eigenvalue weighted by atomic mass is 16.5. The molecule has 3 rings (SSSR count). The fraction of sp³-hybridized carbons (Fsp3) is 0.818. The van der Waals surface area contributed by atoms with E-state index in [0.717, 1.165) is 31.9 Å². The molecule has 2 N–H and O–H groups in total. The number of nitrogens with zero attached hydrogens (tertiary/aromatic N) is 4. The molecule has 0 saturated carbocycles. The third-order valence-electron chi connectivity index (χ3n) is 3.56. The Kier molecular flexibility index (Phi) is 3.09. The molecule has 1 aromatic rings. The minimum atomic E-state index is 0.460. The van der Waals surface area contributed by atoms with Crippen molar-refractivity contribution in [1.29, 1.82) is 0 Å². The number of likely N-dealkylation sites (tertiary alicyclic amines) is 1. The summed E-state index contributed by atoms with van der Waals surface area (Å²) in [6, 6.07) is 0. The quantitative estimate of drug-likeness (QED) is 0.771. The second-order valence-electron chi connectivity index (χ2n) is 4.89. The Morgan fingerprint density at radius 2 is 2.06 bits per heavy atom. The second-order valence-corrected chi connectivity index (χ2v) is 4.89. The third-order valence-corrected chi connectivity index (χ3v) is 3.56. The van der Waals surface area contributed by atoms with Gasteiger partial charge in [-0.3, -0.25) is 9.58 Å². The Morgan fingerprint density at radius 1 is 1.29 bits per heavy atom. The standard InChI is InChI=1S/C11H19N5O/c12-5-9-6-16(14-13-9)4-3-15-7-10-1-2-11(8-15)17-10/h6,10-11H,1-5,7-8,12H2. The molecule has 2 saturated heterocycles. The van der Waals surface area contributed by atoms with Gasteiger partial charge in [0.2, 0.25) is 0 Å². The van der Waals surface area contributed by atoms with Crippen molar-refractivity contribution in [3.8, 4) is 0 Å². The van der Waals surface area contributed by atoms with Crippen LogP contribution in [0.25, 0.3) is 0 Å². The smallest absolute Gasteiger partial charge is 0.0962 e. The highest BCUT2D eigenvalue weighted by molar-refractivity contribution is 4.90. The molecule has 2 unspecified atom stereocenters. The molecule has 6 nitrogen and oxygen atoms in total. The molecule has 0 amide bonds. The van der Waals surface area contributed by atoms with Gasteiger partial charge in [0.25, 0.3) is 0 Å². The van der Waals surface area contributed by atoms with Crippen LogP contribution >= 0.6 is 0 Å². The molecule has 0 aromatic carbocycles. The van der Waals surface area contributed by atoms with Gasteiger partial charge in [-0.25, -0.2) is 0 Å². The van der Waals surface area contributed by atoms with Crippen LogP contribution in [0.5, 0.6) is 0 Å². The van der Waals surface area contributed by atoms with Gasteiger partial charge in [0.1, 0.15) is 0 Å². The van der Waals surface area contributed by atoms with E-state index in [9.17, 15) is 0 Å². The molecule has 17 heavy (non-hydrogen) atoms. The number of morpholine rings is 1. The minimum absolute atomic E-state index is 0.460. The molecule has 2 atom stereocenters. The maximum atomic E-state index is 5.81. The summed E-state index contributed by atoms with van der Waals surface area (Å²) in [6.07, 6.45) is 5.30. The average Bonchev–Trinajstić information content (AvgIpc) is 2.93. The molecule has 6 heteroatoms. The molecule has 0 aliphatic carbocycles. The molecule has 1 aromatic heterocycles. The third kappa shape index (κ3) is 2.48. The average molecular weight is 237 g/mol. The fourth-order valence-electron chi connectivity index (χ4n) is 2.67. The van der Waals surface area contributed by atoms with Crippen molar-refractivity contribution in [2.45, 2.75) is 38.1 Å². The lowest BCUT2D eigenvalue weighted by Gasteiger charge is -2.31. The van der Waals surface area contributed by atoms with Gasteiger partial charge in [0.15, 0.2) is 0 Å². The van der Waals surface area contributed by atoms with Crippen LogP contribution in [0.15, 0.2) is 6.20 Å².